The molecule has 1 aromatic heterocycles. The average Bonchev–Trinajstić information content (AvgIpc) is 3.20. The van der Waals surface area contributed by atoms with Crippen LogP contribution in [0.4, 0.5) is 0 Å². The van der Waals surface area contributed by atoms with Gasteiger partial charge in [0, 0.05) is 36.6 Å². The summed E-state index contributed by atoms with van der Waals surface area (Å²) in [5.74, 6) is 0.478. The van der Waals surface area contributed by atoms with E-state index in [4.69, 9.17) is 4.74 Å². The monoisotopic (exact) mass is 416 g/mol. The Balaban J connectivity index is 1.26. The number of unbranched alkanes of at least 4 members (excludes halogenated alkanes) is 1. The van der Waals surface area contributed by atoms with Crippen molar-refractivity contribution in [3.8, 4) is 5.75 Å². The summed E-state index contributed by atoms with van der Waals surface area (Å²) in [4.78, 5) is 17.7. The molecule has 0 fully saturated rings. The number of aryl methyl sites for hydroxylation is 1. The summed E-state index contributed by atoms with van der Waals surface area (Å²) < 4.78 is 5.47. The van der Waals surface area contributed by atoms with Crippen LogP contribution in [0.3, 0.4) is 0 Å². The first-order valence-corrected chi connectivity index (χ1v) is 11.5. The summed E-state index contributed by atoms with van der Waals surface area (Å²) in [5, 5.41) is 1.16. The maximum atomic E-state index is 11.8. The highest BCUT2D eigenvalue weighted by atomic mass is 16.5. The molecule has 4 nitrogen and oxygen atoms in total. The van der Waals surface area contributed by atoms with Crippen LogP contribution in [0.1, 0.15) is 50.2 Å². The molecular formula is C27H32N2O2. The zero-order valence-electron chi connectivity index (χ0n) is 18.4. The number of benzene rings is 2. The summed E-state index contributed by atoms with van der Waals surface area (Å²) in [5.41, 5.74) is 5.24. The van der Waals surface area contributed by atoms with Gasteiger partial charge in [0.25, 0.3) is 0 Å². The number of esters is 1. The van der Waals surface area contributed by atoms with Crippen molar-refractivity contribution < 1.29 is 9.53 Å². The Morgan fingerprint density at radius 3 is 2.77 bits per heavy atom. The van der Waals surface area contributed by atoms with Gasteiger partial charge in [-0.1, -0.05) is 43.3 Å². The normalized spacial score (nSPS) is 14.5. The number of carbonyl (C=O) groups is 1. The van der Waals surface area contributed by atoms with Gasteiger partial charge in [-0.05, 0) is 73.5 Å². The Morgan fingerprint density at radius 1 is 1.13 bits per heavy atom. The number of H-pyrrole nitrogens is 1. The van der Waals surface area contributed by atoms with Gasteiger partial charge >= 0.3 is 5.97 Å². The highest BCUT2D eigenvalue weighted by Crippen LogP contribution is 2.26. The van der Waals surface area contributed by atoms with Gasteiger partial charge in [-0.3, -0.25) is 9.69 Å². The predicted molar refractivity (Wildman–Crippen MR) is 127 cm³/mol. The quantitative estimate of drug-likeness (QED) is 0.265. The van der Waals surface area contributed by atoms with Gasteiger partial charge < -0.3 is 9.72 Å². The zero-order chi connectivity index (χ0) is 21.5. The number of aromatic amines is 1. The van der Waals surface area contributed by atoms with Crippen LogP contribution in [0.15, 0.2) is 60.8 Å². The largest absolute Gasteiger partial charge is 0.427 e. The third-order valence-electron chi connectivity index (χ3n) is 6.03. The van der Waals surface area contributed by atoms with E-state index in [9.17, 15) is 4.79 Å². The number of nitrogens with one attached hydrogen (secondary N) is 1. The molecule has 3 aromatic rings. The molecule has 2 heterocycles. The number of nitrogens with zero attached hydrogens (tertiary/aromatic N) is 1. The fraction of sp³-hybridized carbons (Fsp3) is 0.370. The second kappa shape index (κ2) is 10.5. The fourth-order valence-corrected chi connectivity index (χ4v) is 4.29. The topological polar surface area (TPSA) is 45.3 Å². The Morgan fingerprint density at radius 2 is 2.00 bits per heavy atom. The summed E-state index contributed by atoms with van der Waals surface area (Å²) in [6, 6.07) is 16.6. The number of carbonyl (C=O) groups excluding carboxylic acids is 1. The van der Waals surface area contributed by atoms with E-state index in [1.165, 1.54) is 23.1 Å². The Hall–Kier alpha value is -2.85. The lowest BCUT2D eigenvalue weighted by Gasteiger charge is -2.26. The van der Waals surface area contributed by atoms with Gasteiger partial charge in [-0.2, -0.15) is 0 Å². The van der Waals surface area contributed by atoms with Crippen molar-refractivity contribution in [2.75, 3.05) is 19.6 Å². The maximum absolute atomic E-state index is 11.8. The summed E-state index contributed by atoms with van der Waals surface area (Å²) >= 11 is 0. The SMILES string of the molecule is CCCC(=O)Oc1ccc2[nH]cc(CCCCN3CC=C(c4ccccc4)CC3)c2c1. The van der Waals surface area contributed by atoms with Crippen molar-refractivity contribution in [3.63, 3.8) is 0 Å². The van der Waals surface area contributed by atoms with E-state index < -0.39 is 0 Å². The Labute approximate surface area is 184 Å². The van der Waals surface area contributed by atoms with Crippen LogP contribution in [0.2, 0.25) is 0 Å². The molecule has 31 heavy (non-hydrogen) atoms. The lowest BCUT2D eigenvalue weighted by molar-refractivity contribution is -0.134. The number of hydrogen-bond acceptors (Lipinski definition) is 3. The third kappa shape index (κ3) is 5.65. The number of aromatic nitrogens is 1. The maximum Gasteiger partial charge on any atom is 0.311 e. The minimum Gasteiger partial charge on any atom is -0.427 e. The standard InChI is InChI=1S/C27H32N2O2/c1-2-8-27(30)31-24-12-13-26-25(19-24)23(20-28-26)11-6-7-16-29-17-14-22(15-18-29)21-9-4-3-5-10-21/h3-5,9-10,12-14,19-20,28H,2,6-8,11,15-18H2,1H3. The first kappa shape index (κ1) is 21.4. The van der Waals surface area contributed by atoms with E-state index in [1.807, 2.05) is 25.1 Å². The second-order valence-corrected chi connectivity index (χ2v) is 8.35. The van der Waals surface area contributed by atoms with Crippen LogP contribution in [-0.2, 0) is 11.2 Å². The third-order valence-corrected chi connectivity index (χ3v) is 6.03. The van der Waals surface area contributed by atoms with Crippen molar-refractivity contribution in [2.24, 2.45) is 0 Å². The van der Waals surface area contributed by atoms with Crippen LogP contribution in [0.25, 0.3) is 16.5 Å². The molecule has 0 saturated carbocycles. The van der Waals surface area contributed by atoms with E-state index in [0.29, 0.717) is 12.2 Å². The van der Waals surface area contributed by atoms with Crippen LogP contribution in [-0.4, -0.2) is 35.5 Å². The average molecular weight is 417 g/mol. The molecule has 2 aromatic carbocycles. The Kier molecular flexibility index (Phi) is 7.21. The molecule has 1 aliphatic heterocycles. The molecule has 1 N–H and O–H groups in total. The summed E-state index contributed by atoms with van der Waals surface area (Å²) in [6.45, 7) is 5.31. The van der Waals surface area contributed by atoms with Gasteiger partial charge in [0.1, 0.15) is 5.75 Å². The van der Waals surface area contributed by atoms with Crippen LogP contribution < -0.4 is 4.74 Å². The smallest absolute Gasteiger partial charge is 0.311 e. The van der Waals surface area contributed by atoms with Crippen molar-refractivity contribution in [3.05, 3.63) is 71.9 Å². The van der Waals surface area contributed by atoms with E-state index in [2.05, 4.69) is 52.5 Å². The molecular weight excluding hydrogens is 384 g/mol. The highest BCUT2D eigenvalue weighted by Gasteiger charge is 2.13. The first-order chi connectivity index (χ1) is 15.2. The van der Waals surface area contributed by atoms with E-state index in [0.717, 1.165) is 56.2 Å². The minimum atomic E-state index is -0.162. The molecule has 0 atom stereocenters. The molecule has 0 radical (unpaired) electrons. The van der Waals surface area contributed by atoms with Gasteiger partial charge in [0.15, 0.2) is 0 Å². The molecule has 0 aliphatic carbocycles. The molecule has 162 valence electrons. The second-order valence-electron chi connectivity index (χ2n) is 8.35. The van der Waals surface area contributed by atoms with Gasteiger partial charge in [0.05, 0.1) is 0 Å². The zero-order valence-corrected chi connectivity index (χ0v) is 18.4. The minimum absolute atomic E-state index is 0.162. The van der Waals surface area contributed by atoms with E-state index in [1.54, 1.807) is 0 Å². The molecule has 0 amide bonds. The van der Waals surface area contributed by atoms with Crippen LogP contribution >= 0.6 is 0 Å². The van der Waals surface area contributed by atoms with Gasteiger partial charge in [-0.25, -0.2) is 0 Å². The first-order valence-electron chi connectivity index (χ1n) is 11.5. The van der Waals surface area contributed by atoms with E-state index >= 15 is 0 Å². The van der Waals surface area contributed by atoms with Crippen molar-refractivity contribution in [1.29, 1.82) is 0 Å². The van der Waals surface area contributed by atoms with Crippen molar-refractivity contribution in [2.45, 2.75) is 45.4 Å². The van der Waals surface area contributed by atoms with Crippen LogP contribution in [0, 0.1) is 0 Å². The molecule has 4 heteroatoms. The number of ether oxygens (including phenoxy) is 1. The lowest BCUT2D eigenvalue weighted by atomic mass is 9.99. The van der Waals surface area contributed by atoms with Crippen molar-refractivity contribution in [1.82, 2.24) is 9.88 Å². The molecule has 1 aliphatic rings. The number of rotatable bonds is 9. The van der Waals surface area contributed by atoms with Crippen LogP contribution in [0.5, 0.6) is 5.75 Å². The van der Waals surface area contributed by atoms with E-state index in [-0.39, 0.29) is 5.97 Å². The van der Waals surface area contributed by atoms with Gasteiger partial charge in [-0.15, -0.1) is 0 Å². The molecule has 0 saturated heterocycles. The predicted octanol–water partition coefficient (Wildman–Crippen LogP) is 5.99. The van der Waals surface area contributed by atoms with Gasteiger partial charge in [0.2, 0.25) is 0 Å². The lowest BCUT2D eigenvalue weighted by Crippen LogP contribution is -2.29. The summed E-state index contributed by atoms with van der Waals surface area (Å²) in [7, 11) is 0. The number of hydrogen-bond donors (Lipinski definition) is 1. The highest BCUT2D eigenvalue weighted by molar-refractivity contribution is 5.85. The number of fused-ring (bicyclic) bond motifs is 1. The summed E-state index contributed by atoms with van der Waals surface area (Å²) in [6.07, 6.45) is 10.2. The molecule has 4 rings (SSSR count). The molecule has 0 bridgehead atoms. The molecule has 0 unspecified atom stereocenters. The Bertz CT molecular complexity index is 1040. The van der Waals surface area contributed by atoms with Crippen molar-refractivity contribution >= 4 is 22.4 Å². The molecule has 0 spiro atoms. The fourth-order valence-electron chi connectivity index (χ4n) is 4.29.